The smallest absolute Gasteiger partial charge is 0.227 e. The number of hydrogen-bond donors (Lipinski definition) is 1. The van der Waals surface area contributed by atoms with Gasteiger partial charge in [-0.25, -0.2) is 0 Å². The van der Waals surface area contributed by atoms with Gasteiger partial charge in [0.25, 0.3) is 0 Å². The Kier molecular flexibility index (Phi) is 5.70. The van der Waals surface area contributed by atoms with Crippen LogP contribution >= 0.6 is 22.9 Å². The Hall–Kier alpha value is -1.36. The van der Waals surface area contributed by atoms with E-state index in [0.29, 0.717) is 19.0 Å². The molecule has 1 aromatic heterocycles. The number of carbonyl (C=O) groups is 1. The molecule has 5 heteroatoms. The van der Waals surface area contributed by atoms with Crippen LogP contribution in [-0.2, 0) is 17.8 Å². The van der Waals surface area contributed by atoms with Gasteiger partial charge in [-0.3, -0.25) is 4.79 Å². The molecule has 3 nitrogen and oxygen atoms in total. The number of nitrogens with one attached hydrogen (secondary N) is 1. The Morgan fingerprint density at radius 2 is 2.00 bits per heavy atom. The van der Waals surface area contributed by atoms with Gasteiger partial charge in [0.1, 0.15) is 0 Å². The number of rotatable bonds is 5. The van der Waals surface area contributed by atoms with Crippen LogP contribution in [0.3, 0.4) is 0 Å². The maximum Gasteiger partial charge on any atom is 0.227 e. The first-order valence-corrected chi connectivity index (χ1v) is 9.25. The summed E-state index contributed by atoms with van der Waals surface area (Å²) in [5, 5.41) is 6.05. The third-order valence-corrected chi connectivity index (χ3v) is 5.49. The predicted molar refractivity (Wildman–Crippen MR) is 95.9 cm³/mol. The molecule has 122 valence electrons. The molecule has 1 saturated heterocycles. The van der Waals surface area contributed by atoms with Crippen LogP contribution in [0.15, 0.2) is 41.8 Å². The van der Waals surface area contributed by atoms with Crippen LogP contribution in [0.2, 0.25) is 5.02 Å². The van der Waals surface area contributed by atoms with Crippen molar-refractivity contribution >= 4 is 28.8 Å². The van der Waals surface area contributed by atoms with Crippen molar-refractivity contribution in [1.82, 2.24) is 10.2 Å². The van der Waals surface area contributed by atoms with Crippen LogP contribution in [-0.4, -0.2) is 29.9 Å². The number of amides is 1. The van der Waals surface area contributed by atoms with Crippen LogP contribution < -0.4 is 5.32 Å². The Bertz CT molecular complexity index is 637. The largest absolute Gasteiger partial charge is 0.334 e. The van der Waals surface area contributed by atoms with E-state index in [-0.39, 0.29) is 5.91 Å². The fraction of sp³-hybridized carbons (Fsp3) is 0.389. The Morgan fingerprint density at radius 1 is 1.26 bits per heavy atom. The number of nitrogens with zero attached hydrogens (tertiary/aromatic N) is 1. The highest BCUT2D eigenvalue weighted by Gasteiger charge is 2.25. The minimum atomic E-state index is 0.202. The highest BCUT2D eigenvalue weighted by molar-refractivity contribution is 7.10. The first-order valence-electron chi connectivity index (χ1n) is 7.99. The van der Waals surface area contributed by atoms with E-state index in [1.165, 1.54) is 0 Å². The topological polar surface area (TPSA) is 32.3 Å². The molecule has 1 N–H and O–H groups in total. The highest BCUT2D eigenvalue weighted by Crippen LogP contribution is 2.24. The normalized spacial score (nSPS) is 15.5. The molecule has 2 heterocycles. The van der Waals surface area contributed by atoms with Crippen LogP contribution in [0.5, 0.6) is 0 Å². The van der Waals surface area contributed by atoms with Crippen molar-refractivity contribution in [1.29, 1.82) is 0 Å². The lowest BCUT2D eigenvalue weighted by Gasteiger charge is -2.34. The average molecular weight is 349 g/mol. The van der Waals surface area contributed by atoms with Crippen molar-refractivity contribution in [3.8, 4) is 0 Å². The van der Waals surface area contributed by atoms with Crippen molar-refractivity contribution in [3.63, 3.8) is 0 Å². The molecule has 1 amide bonds. The Morgan fingerprint density at radius 3 is 2.65 bits per heavy atom. The van der Waals surface area contributed by atoms with Crippen molar-refractivity contribution in [2.24, 2.45) is 0 Å². The van der Waals surface area contributed by atoms with E-state index < -0.39 is 0 Å². The number of piperidine rings is 1. The van der Waals surface area contributed by atoms with Gasteiger partial charge >= 0.3 is 0 Å². The Labute approximate surface area is 146 Å². The number of carbonyl (C=O) groups excluding carboxylic acids is 1. The van der Waals surface area contributed by atoms with Crippen molar-refractivity contribution < 1.29 is 4.79 Å². The first-order chi connectivity index (χ1) is 11.2. The van der Waals surface area contributed by atoms with E-state index in [2.05, 4.69) is 10.2 Å². The molecule has 2 aromatic rings. The lowest BCUT2D eigenvalue weighted by molar-refractivity contribution is -0.134. The molecule has 0 aliphatic carbocycles. The minimum Gasteiger partial charge on any atom is -0.334 e. The van der Waals surface area contributed by atoms with Crippen molar-refractivity contribution in [3.05, 3.63) is 57.2 Å². The van der Waals surface area contributed by atoms with Crippen molar-refractivity contribution in [2.75, 3.05) is 13.1 Å². The summed E-state index contributed by atoms with van der Waals surface area (Å²) in [5.74, 6) is 0.202. The minimum absolute atomic E-state index is 0.202. The monoisotopic (exact) mass is 348 g/mol. The summed E-state index contributed by atoms with van der Waals surface area (Å²) in [5.41, 5.74) is 1.07. The van der Waals surface area contributed by atoms with E-state index in [0.717, 1.165) is 41.4 Å². The summed E-state index contributed by atoms with van der Waals surface area (Å²) in [6.45, 7) is 2.61. The molecule has 1 aliphatic heterocycles. The molecular weight excluding hydrogens is 328 g/mol. The zero-order valence-corrected chi connectivity index (χ0v) is 14.6. The third-order valence-electron chi connectivity index (χ3n) is 4.22. The second-order valence-corrected chi connectivity index (χ2v) is 7.33. The molecule has 0 unspecified atom stereocenters. The maximum atomic E-state index is 12.9. The van der Waals surface area contributed by atoms with Gasteiger partial charge in [-0.2, -0.15) is 0 Å². The van der Waals surface area contributed by atoms with E-state index in [9.17, 15) is 4.79 Å². The highest BCUT2D eigenvalue weighted by atomic mass is 35.5. The fourth-order valence-corrected chi connectivity index (χ4v) is 4.09. The van der Waals surface area contributed by atoms with Gasteiger partial charge in [0.05, 0.1) is 18.0 Å². The molecule has 23 heavy (non-hydrogen) atoms. The SMILES string of the molecule is O=C(Cc1ccccc1)N(Cc1cc(Cl)cs1)C1CCNCC1. The van der Waals surface area contributed by atoms with Crippen LogP contribution in [0.1, 0.15) is 23.3 Å². The van der Waals surface area contributed by atoms with Gasteiger partial charge < -0.3 is 10.2 Å². The molecule has 0 saturated carbocycles. The van der Waals surface area contributed by atoms with E-state index >= 15 is 0 Å². The van der Waals surface area contributed by atoms with E-state index in [4.69, 9.17) is 11.6 Å². The average Bonchev–Trinajstić information content (AvgIpc) is 2.99. The second-order valence-electron chi connectivity index (χ2n) is 5.90. The maximum absolute atomic E-state index is 12.9. The molecule has 0 spiro atoms. The number of hydrogen-bond acceptors (Lipinski definition) is 3. The van der Waals surface area contributed by atoms with Crippen LogP contribution in [0, 0.1) is 0 Å². The van der Waals surface area contributed by atoms with Gasteiger partial charge in [-0.15, -0.1) is 11.3 Å². The number of halogens is 1. The van der Waals surface area contributed by atoms with Gasteiger partial charge in [0.2, 0.25) is 5.91 Å². The zero-order valence-electron chi connectivity index (χ0n) is 13.0. The third kappa shape index (κ3) is 4.56. The molecule has 3 rings (SSSR count). The lowest BCUT2D eigenvalue weighted by atomic mass is 10.0. The summed E-state index contributed by atoms with van der Waals surface area (Å²) in [4.78, 5) is 16.1. The summed E-state index contributed by atoms with van der Waals surface area (Å²) in [6, 6.07) is 12.3. The second kappa shape index (κ2) is 7.95. The number of benzene rings is 1. The van der Waals surface area contributed by atoms with E-state index in [1.54, 1.807) is 11.3 Å². The summed E-state index contributed by atoms with van der Waals surface area (Å²) < 4.78 is 0. The summed E-state index contributed by atoms with van der Waals surface area (Å²) in [7, 11) is 0. The van der Waals surface area contributed by atoms with Gasteiger partial charge in [0, 0.05) is 16.3 Å². The standard InChI is InChI=1S/C18H21ClN2OS/c19-15-11-17(23-13-15)12-21(16-6-8-20-9-7-16)18(22)10-14-4-2-1-3-5-14/h1-5,11,13,16,20H,6-10,12H2. The molecule has 1 fully saturated rings. The predicted octanol–water partition coefficient (Wildman–Crippen LogP) is 3.72. The van der Waals surface area contributed by atoms with Gasteiger partial charge in [0.15, 0.2) is 0 Å². The number of thiophene rings is 1. The molecule has 0 radical (unpaired) electrons. The molecule has 0 atom stereocenters. The molecular formula is C18H21ClN2OS. The van der Waals surface area contributed by atoms with Crippen molar-refractivity contribution in [2.45, 2.75) is 31.8 Å². The lowest BCUT2D eigenvalue weighted by Crippen LogP contribution is -2.46. The molecule has 1 aromatic carbocycles. The van der Waals surface area contributed by atoms with E-state index in [1.807, 2.05) is 41.8 Å². The van der Waals surface area contributed by atoms with Crippen LogP contribution in [0.25, 0.3) is 0 Å². The quantitative estimate of drug-likeness (QED) is 0.893. The Balaban J connectivity index is 1.74. The first kappa shape index (κ1) is 16.5. The molecule has 0 bridgehead atoms. The molecule has 1 aliphatic rings. The zero-order chi connectivity index (χ0) is 16.1. The van der Waals surface area contributed by atoms with Gasteiger partial charge in [-0.05, 0) is 37.6 Å². The summed E-state index contributed by atoms with van der Waals surface area (Å²) >= 11 is 7.66. The van der Waals surface area contributed by atoms with Crippen LogP contribution in [0.4, 0.5) is 0 Å². The summed E-state index contributed by atoms with van der Waals surface area (Å²) in [6.07, 6.45) is 2.49. The van der Waals surface area contributed by atoms with Gasteiger partial charge in [-0.1, -0.05) is 41.9 Å². The fourth-order valence-electron chi connectivity index (χ4n) is 3.02.